The van der Waals surface area contributed by atoms with E-state index >= 15 is 0 Å². The van der Waals surface area contributed by atoms with Crippen molar-refractivity contribution in [3.05, 3.63) is 81.5 Å². The van der Waals surface area contributed by atoms with Crippen LogP contribution in [0.25, 0.3) is 0 Å². The maximum absolute atomic E-state index is 13.4. The summed E-state index contributed by atoms with van der Waals surface area (Å²) in [5.74, 6) is -1.18. The van der Waals surface area contributed by atoms with E-state index in [2.05, 4.69) is 0 Å². The van der Waals surface area contributed by atoms with E-state index in [0.717, 1.165) is 16.1 Å². The third-order valence-corrected chi connectivity index (χ3v) is 6.49. The summed E-state index contributed by atoms with van der Waals surface area (Å²) < 4.78 is 0. The number of anilines is 2. The molecule has 0 N–H and O–H groups in total. The predicted molar refractivity (Wildman–Crippen MR) is 113 cm³/mol. The van der Waals surface area contributed by atoms with Crippen LogP contribution >= 0.6 is 22.9 Å². The lowest BCUT2D eigenvalue weighted by Gasteiger charge is -2.28. The summed E-state index contributed by atoms with van der Waals surface area (Å²) in [5.41, 5.74) is 2.32. The number of aryl methyl sites for hydroxylation is 1. The van der Waals surface area contributed by atoms with Gasteiger partial charge in [-0.15, -0.1) is 11.3 Å². The largest absolute Gasteiger partial charge is 0.273 e. The fourth-order valence-corrected chi connectivity index (χ4v) is 4.98. The van der Waals surface area contributed by atoms with Crippen LogP contribution in [0.4, 0.5) is 11.4 Å². The maximum atomic E-state index is 13.4. The second-order valence-corrected chi connectivity index (χ2v) is 8.58. The zero-order valence-corrected chi connectivity index (χ0v) is 17.1. The predicted octanol–water partition coefficient (Wildman–Crippen LogP) is 4.76. The molecule has 0 saturated carbocycles. The lowest BCUT2D eigenvalue weighted by Crippen LogP contribution is -2.37. The molecule has 3 unspecified atom stereocenters. The number of imide groups is 1. The Bertz CT molecular complexity index is 1080. The van der Waals surface area contributed by atoms with Gasteiger partial charge in [0.25, 0.3) is 5.91 Å². The molecule has 3 atom stereocenters. The van der Waals surface area contributed by atoms with Gasteiger partial charge in [-0.1, -0.05) is 29.8 Å². The van der Waals surface area contributed by atoms with Crippen molar-refractivity contribution >= 4 is 46.1 Å². The zero-order chi connectivity index (χ0) is 20.1. The lowest BCUT2D eigenvalue weighted by atomic mass is 9.95. The first-order valence-electron chi connectivity index (χ1n) is 9.24. The highest BCUT2D eigenvalue weighted by molar-refractivity contribution is 7.10. The Balaban J connectivity index is 1.57. The number of hydrogen-bond donors (Lipinski definition) is 0. The van der Waals surface area contributed by atoms with E-state index in [-0.39, 0.29) is 17.9 Å². The molecule has 3 aromatic rings. The fraction of sp³-hybridized carbons (Fsp3) is 0.182. The van der Waals surface area contributed by atoms with Crippen LogP contribution in [0.5, 0.6) is 0 Å². The average Bonchev–Trinajstić information content (AvgIpc) is 3.40. The molecule has 5 rings (SSSR count). The quantitative estimate of drug-likeness (QED) is 0.569. The van der Waals surface area contributed by atoms with Crippen LogP contribution < -0.4 is 9.96 Å². The molecule has 7 heteroatoms. The minimum Gasteiger partial charge on any atom is -0.273 e. The van der Waals surface area contributed by atoms with Gasteiger partial charge in [-0.05, 0) is 60.3 Å². The van der Waals surface area contributed by atoms with Crippen molar-refractivity contribution < 1.29 is 14.4 Å². The van der Waals surface area contributed by atoms with E-state index in [1.807, 2.05) is 54.8 Å². The summed E-state index contributed by atoms with van der Waals surface area (Å²) in [7, 11) is 0. The summed E-state index contributed by atoms with van der Waals surface area (Å²) in [5, 5.41) is 4.25. The van der Waals surface area contributed by atoms with Crippen molar-refractivity contribution in [1.29, 1.82) is 0 Å². The first-order chi connectivity index (χ1) is 14.0. The number of benzene rings is 2. The number of fused-ring (bicyclic) bond motifs is 1. The second kappa shape index (κ2) is 6.99. The molecular weight excluding hydrogens is 408 g/mol. The van der Waals surface area contributed by atoms with Gasteiger partial charge in [0.1, 0.15) is 12.0 Å². The van der Waals surface area contributed by atoms with Gasteiger partial charge < -0.3 is 0 Å². The molecule has 2 aliphatic heterocycles. The smallest absolute Gasteiger partial charge is 0.266 e. The normalized spacial score (nSPS) is 23.7. The topological polar surface area (TPSA) is 49.9 Å². The van der Waals surface area contributed by atoms with E-state index in [9.17, 15) is 9.59 Å². The molecule has 0 bridgehead atoms. The molecule has 2 saturated heterocycles. The summed E-state index contributed by atoms with van der Waals surface area (Å²) >= 11 is 7.57. The van der Waals surface area contributed by atoms with Crippen LogP contribution in [0.2, 0.25) is 5.02 Å². The number of hydrogen-bond acceptors (Lipinski definition) is 5. The number of rotatable bonds is 3. The van der Waals surface area contributed by atoms with Crippen molar-refractivity contribution in [2.45, 2.75) is 19.1 Å². The Labute approximate surface area is 177 Å². The first kappa shape index (κ1) is 18.4. The van der Waals surface area contributed by atoms with Crippen molar-refractivity contribution in [3.8, 4) is 0 Å². The Morgan fingerprint density at radius 3 is 2.45 bits per heavy atom. The lowest BCUT2D eigenvalue weighted by molar-refractivity contribution is -0.126. The maximum Gasteiger partial charge on any atom is 0.266 e. The molecule has 2 fully saturated rings. The van der Waals surface area contributed by atoms with Crippen LogP contribution in [0.15, 0.2) is 66.0 Å². The molecule has 0 aliphatic carbocycles. The second-order valence-electron chi connectivity index (χ2n) is 7.17. The molecule has 2 aliphatic rings. The van der Waals surface area contributed by atoms with Crippen molar-refractivity contribution in [3.63, 3.8) is 0 Å². The van der Waals surface area contributed by atoms with Crippen molar-refractivity contribution in [2.24, 2.45) is 5.92 Å². The van der Waals surface area contributed by atoms with Crippen molar-refractivity contribution in [1.82, 2.24) is 0 Å². The number of thiophene rings is 1. The summed E-state index contributed by atoms with van der Waals surface area (Å²) in [6, 6.07) is 18.1. The van der Waals surface area contributed by atoms with Gasteiger partial charge in [-0.3, -0.25) is 14.4 Å². The van der Waals surface area contributed by atoms with Gasteiger partial charge in [0.05, 0.1) is 11.4 Å². The van der Waals surface area contributed by atoms with E-state index in [4.69, 9.17) is 16.4 Å². The molecule has 29 heavy (non-hydrogen) atoms. The molecule has 0 radical (unpaired) electrons. The SMILES string of the molecule is Cc1cccc(N2C(=O)C3ON(c4ccc(Cl)cc4)C(c4cccs4)C3C2=O)c1. The highest BCUT2D eigenvalue weighted by atomic mass is 35.5. The third-order valence-electron chi connectivity index (χ3n) is 5.29. The highest BCUT2D eigenvalue weighted by Gasteiger charge is 2.60. The Morgan fingerprint density at radius 2 is 1.76 bits per heavy atom. The molecule has 1 aromatic heterocycles. The van der Waals surface area contributed by atoms with Gasteiger partial charge in [0.15, 0.2) is 6.10 Å². The summed E-state index contributed by atoms with van der Waals surface area (Å²) in [6.45, 7) is 1.93. The minimum atomic E-state index is -0.856. The number of carbonyl (C=O) groups excluding carboxylic acids is 2. The molecule has 0 spiro atoms. The monoisotopic (exact) mass is 424 g/mol. The Morgan fingerprint density at radius 1 is 0.966 bits per heavy atom. The number of hydroxylamine groups is 1. The van der Waals surface area contributed by atoms with Gasteiger partial charge in [-0.25, -0.2) is 9.96 Å². The van der Waals surface area contributed by atoms with Crippen molar-refractivity contribution in [2.75, 3.05) is 9.96 Å². The number of amides is 2. The van der Waals surface area contributed by atoms with Crippen LogP contribution in [0.1, 0.15) is 16.5 Å². The number of nitrogens with zero attached hydrogens (tertiary/aromatic N) is 2. The van der Waals surface area contributed by atoms with Crippen LogP contribution in [-0.2, 0) is 14.4 Å². The number of carbonyl (C=O) groups is 2. The molecule has 3 heterocycles. The van der Waals surface area contributed by atoms with Gasteiger partial charge in [0.2, 0.25) is 5.91 Å². The third kappa shape index (κ3) is 2.95. The highest BCUT2D eigenvalue weighted by Crippen LogP contribution is 2.48. The standard InChI is InChI=1S/C22H17ClN2O3S/c1-13-4-2-5-16(12-13)24-21(26)18-19(17-6-3-11-29-17)25(28-20(18)22(24)27)15-9-7-14(23)8-10-15/h2-12,18-20H,1H3. The van der Waals surface area contributed by atoms with E-state index < -0.39 is 12.0 Å². The first-order valence-corrected chi connectivity index (χ1v) is 10.5. The van der Waals surface area contributed by atoms with E-state index in [1.165, 1.54) is 4.90 Å². The summed E-state index contributed by atoms with van der Waals surface area (Å²) in [6.07, 6.45) is -0.856. The zero-order valence-electron chi connectivity index (χ0n) is 15.5. The Hall–Kier alpha value is -2.67. The van der Waals surface area contributed by atoms with Crippen LogP contribution in [0.3, 0.4) is 0 Å². The molecule has 2 amide bonds. The number of halogens is 1. The van der Waals surface area contributed by atoms with Crippen LogP contribution in [-0.4, -0.2) is 17.9 Å². The fourth-order valence-electron chi connectivity index (χ4n) is 4.00. The Kier molecular flexibility index (Phi) is 4.42. The van der Waals surface area contributed by atoms with Crippen LogP contribution in [0, 0.1) is 12.8 Å². The van der Waals surface area contributed by atoms with Gasteiger partial charge in [0, 0.05) is 9.90 Å². The molecule has 146 valence electrons. The van der Waals surface area contributed by atoms with E-state index in [1.54, 1.807) is 34.6 Å². The average molecular weight is 425 g/mol. The minimum absolute atomic E-state index is 0.236. The molecule has 5 nitrogen and oxygen atoms in total. The van der Waals surface area contributed by atoms with E-state index in [0.29, 0.717) is 10.7 Å². The van der Waals surface area contributed by atoms with Gasteiger partial charge in [-0.2, -0.15) is 0 Å². The summed E-state index contributed by atoms with van der Waals surface area (Å²) in [4.78, 5) is 35.0. The molecular formula is C22H17ClN2O3S. The van der Waals surface area contributed by atoms with Gasteiger partial charge >= 0.3 is 0 Å². The molecule has 2 aromatic carbocycles.